The van der Waals surface area contributed by atoms with Crippen molar-refractivity contribution in [3.63, 3.8) is 0 Å². The highest BCUT2D eigenvalue weighted by atomic mass is 35.5. The van der Waals surface area contributed by atoms with Crippen LogP contribution in [-0.4, -0.2) is 124 Å². The van der Waals surface area contributed by atoms with E-state index in [-0.39, 0.29) is 18.5 Å². The zero-order chi connectivity index (χ0) is 32.1. The van der Waals surface area contributed by atoms with Gasteiger partial charge in [-0.1, -0.05) is 31.5 Å². The minimum atomic E-state index is -2.81. The van der Waals surface area contributed by atoms with E-state index in [1.165, 1.54) is 11.9 Å². The quantitative estimate of drug-likeness (QED) is 0.113. The van der Waals surface area contributed by atoms with Gasteiger partial charge in [0.25, 0.3) is 6.43 Å². The van der Waals surface area contributed by atoms with E-state index in [1.54, 1.807) is 12.0 Å². The average molecular weight is 645 g/mol. The molecule has 0 aromatic heterocycles. The third-order valence-corrected chi connectivity index (χ3v) is 6.92. The van der Waals surface area contributed by atoms with Gasteiger partial charge < -0.3 is 24.6 Å². The molecule has 8 nitrogen and oxygen atoms in total. The van der Waals surface area contributed by atoms with E-state index in [0.29, 0.717) is 72.7 Å². The summed E-state index contributed by atoms with van der Waals surface area (Å²) in [4.78, 5) is 17.2. The summed E-state index contributed by atoms with van der Waals surface area (Å²) in [5.74, 6) is -0.168. The van der Waals surface area contributed by atoms with Gasteiger partial charge in [0.1, 0.15) is 12.3 Å². The molecule has 2 atom stereocenters. The van der Waals surface area contributed by atoms with Crippen molar-refractivity contribution in [2.75, 3.05) is 79.9 Å². The first-order chi connectivity index (χ1) is 20.2. The Kier molecular flexibility index (Phi) is 22.6. The molecule has 0 saturated carbocycles. The van der Waals surface area contributed by atoms with Crippen molar-refractivity contribution < 1.29 is 27.4 Å². The summed E-state index contributed by atoms with van der Waals surface area (Å²) in [6.45, 7) is 14.0. The number of hydrogen-bond donors (Lipinski definition) is 1. The van der Waals surface area contributed by atoms with Crippen molar-refractivity contribution in [2.45, 2.75) is 58.9 Å². The summed E-state index contributed by atoms with van der Waals surface area (Å²) < 4.78 is 47.3. The fourth-order valence-electron chi connectivity index (χ4n) is 4.08. The van der Waals surface area contributed by atoms with Gasteiger partial charge in [0.2, 0.25) is 5.91 Å². The minimum absolute atomic E-state index is 0.118. The second kappa shape index (κ2) is 23.6. The molecule has 13 heteroatoms. The number of allylic oxidation sites excluding steroid dienone is 3. The Morgan fingerprint density at radius 1 is 1.19 bits per heavy atom. The number of hydrogen-bond acceptors (Lipinski definition) is 7. The van der Waals surface area contributed by atoms with Gasteiger partial charge in [-0.3, -0.25) is 14.2 Å². The normalized spacial score (nSPS) is 17.1. The molecule has 0 spiro atoms. The van der Waals surface area contributed by atoms with E-state index < -0.39 is 17.5 Å². The fraction of sp³-hybridized carbons (Fsp3) is 0.724. The molecule has 1 heterocycles. The molecule has 0 aromatic rings. The Morgan fingerprint density at radius 2 is 1.83 bits per heavy atom. The van der Waals surface area contributed by atoms with E-state index in [9.17, 15) is 18.0 Å². The molecule has 1 N–H and O–H groups in total. The maximum absolute atomic E-state index is 13.6. The van der Waals surface area contributed by atoms with Crippen LogP contribution in [-0.2, 0) is 14.3 Å². The van der Waals surface area contributed by atoms with Gasteiger partial charge in [0.05, 0.1) is 31.8 Å². The molecule has 2 rings (SSSR count). The zero-order valence-corrected chi connectivity index (χ0v) is 27.7. The molecule has 1 aliphatic carbocycles. The van der Waals surface area contributed by atoms with Crippen LogP contribution in [0.2, 0.25) is 0 Å². The lowest BCUT2D eigenvalue weighted by molar-refractivity contribution is -0.134. The molecule has 1 aliphatic heterocycles. The van der Waals surface area contributed by atoms with Gasteiger partial charge in [-0.05, 0) is 38.5 Å². The van der Waals surface area contributed by atoms with Crippen LogP contribution in [0.3, 0.4) is 0 Å². The number of carbonyl (C=O) groups excluding carboxylic acids is 1. The van der Waals surface area contributed by atoms with E-state index in [2.05, 4.69) is 15.3 Å². The third-order valence-electron chi connectivity index (χ3n) is 6.30. The maximum atomic E-state index is 13.6. The van der Waals surface area contributed by atoms with E-state index in [0.717, 1.165) is 16.3 Å². The largest absolute Gasteiger partial charge is 0.380 e. The fourth-order valence-corrected chi connectivity index (χ4v) is 4.42. The summed E-state index contributed by atoms with van der Waals surface area (Å²) in [6, 6.07) is -0.317. The van der Waals surface area contributed by atoms with Gasteiger partial charge in [0, 0.05) is 70.1 Å². The van der Waals surface area contributed by atoms with Crippen LogP contribution in [0.4, 0.5) is 13.2 Å². The Bertz CT molecular complexity index is 871. The number of ether oxygens (including phenoxy) is 2. The lowest BCUT2D eigenvalue weighted by Crippen LogP contribution is -2.52. The average Bonchev–Trinajstić information content (AvgIpc) is 3.17. The molecule has 2 unspecified atom stereocenters. The number of alkyl halides is 4. The second-order valence-corrected chi connectivity index (χ2v) is 10.3. The van der Waals surface area contributed by atoms with Gasteiger partial charge in [-0.15, -0.1) is 11.6 Å². The van der Waals surface area contributed by atoms with Crippen LogP contribution in [0.25, 0.3) is 0 Å². The summed E-state index contributed by atoms with van der Waals surface area (Å²) in [5, 5.41) is 8.59. The summed E-state index contributed by atoms with van der Waals surface area (Å²) in [7, 11) is 2.14. The van der Waals surface area contributed by atoms with Crippen molar-refractivity contribution >= 4 is 34.8 Å². The molecule has 1 fully saturated rings. The highest BCUT2D eigenvalue weighted by molar-refractivity contribution is 6.32. The monoisotopic (exact) mass is 643 g/mol. The lowest BCUT2D eigenvalue weighted by atomic mass is 10.2. The van der Waals surface area contributed by atoms with Gasteiger partial charge in [-0.2, -0.15) is 5.10 Å². The predicted octanol–water partition coefficient (Wildman–Crippen LogP) is 5.29. The Balaban J connectivity index is 0.00000402. The first kappa shape index (κ1) is 40.2. The number of methoxy groups -OCH3 is 1. The van der Waals surface area contributed by atoms with Crippen molar-refractivity contribution in [3.8, 4) is 0 Å². The molecule has 2 aliphatic rings. The molecule has 0 bridgehead atoms. The lowest BCUT2D eigenvalue weighted by Gasteiger charge is -2.38. The molecule has 244 valence electrons. The number of nitrogens with one attached hydrogen (secondary N) is 1. The zero-order valence-electron chi connectivity index (χ0n) is 26.1. The first-order valence-corrected chi connectivity index (χ1v) is 15.2. The summed E-state index contributed by atoms with van der Waals surface area (Å²) in [5.41, 5.74) is 1.51. The molecular formula is C29H50Cl2F3N5O3. The van der Waals surface area contributed by atoms with Crippen LogP contribution < -0.4 is 5.32 Å². The van der Waals surface area contributed by atoms with Crippen LogP contribution >= 0.6 is 23.2 Å². The van der Waals surface area contributed by atoms with E-state index in [1.807, 2.05) is 45.9 Å². The van der Waals surface area contributed by atoms with Crippen molar-refractivity contribution in [1.82, 2.24) is 20.1 Å². The summed E-state index contributed by atoms with van der Waals surface area (Å²) in [6.07, 6.45) is 3.93. The van der Waals surface area contributed by atoms with Gasteiger partial charge in [0.15, 0.2) is 0 Å². The van der Waals surface area contributed by atoms with Crippen LogP contribution in [0.5, 0.6) is 0 Å². The number of amides is 1. The maximum Gasteiger partial charge on any atom is 0.279 e. The smallest absolute Gasteiger partial charge is 0.279 e. The number of nitrogens with zero attached hydrogens (tertiary/aromatic N) is 4. The number of carbonyl (C=O) groups is 1. The van der Waals surface area contributed by atoms with Gasteiger partial charge >= 0.3 is 0 Å². The Hall–Kier alpha value is -1.79. The highest BCUT2D eigenvalue weighted by Gasteiger charge is 2.27. The highest BCUT2D eigenvalue weighted by Crippen LogP contribution is 2.24. The van der Waals surface area contributed by atoms with E-state index >= 15 is 0 Å². The Labute approximate surface area is 260 Å². The molecule has 42 heavy (non-hydrogen) atoms. The van der Waals surface area contributed by atoms with Crippen LogP contribution in [0.1, 0.15) is 41.0 Å². The van der Waals surface area contributed by atoms with E-state index in [4.69, 9.17) is 32.7 Å². The van der Waals surface area contributed by atoms with Crippen molar-refractivity contribution in [1.29, 1.82) is 0 Å². The third kappa shape index (κ3) is 14.6. The summed E-state index contributed by atoms with van der Waals surface area (Å²) >= 11 is 12.4. The predicted molar refractivity (Wildman–Crippen MR) is 167 cm³/mol. The topological polar surface area (TPSA) is 69.6 Å². The number of piperazine rings is 1. The Morgan fingerprint density at radius 3 is 2.38 bits per heavy atom. The van der Waals surface area contributed by atoms with Crippen LogP contribution in [0, 0.1) is 0 Å². The molecule has 1 saturated heterocycles. The number of hydrazone groups is 1. The standard InChI is InChI=1S/C26H41Cl2F2N5O3.C2H6.CH3F/c1-5-38-14-9-31-16-19(2)35(32-25(20(3)27)26(29)30)17-24(36)34-12-10-33(11-13-34)22-7-6-8-23(28)21(15-22)18-37-4;2*1-2/h6-7,15,19-20,26,31H,5,8-14,16-18H2,1-4H3;1-2H3;1H3/b32-25+;;. The SMILES string of the molecule is CC.CCOCCNCC(C)N(CC(=O)N1CCN(C2=CC(COC)=C(Cl)CC=C2)CC1)/N=C(/C(F)F)C(C)Cl.CF. The first-order valence-electron chi connectivity index (χ1n) is 14.4. The van der Waals surface area contributed by atoms with Crippen molar-refractivity contribution in [3.05, 3.63) is 34.5 Å². The second-order valence-electron chi connectivity index (χ2n) is 9.20. The van der Waals surface area contributed by atoms with Gasteiger partial charge in [-0.25, -0.2) is 8.78 Å². The number of rotatable bonds is 15. The molecule has 1 amide bonds. The van der Waals surface area contributed by atoms with Crippen LogP contribution in [0.15, 0.2) is 39.6 Å². The number of halogens is 5. The minimum Gasteiger partial charge on any atom is -0.380 e. The molecular weight excluding hydrogens is 594 g/mol. The molecule has 0 radical (unpaired) electrons. The molecule has 0 aromatic carbocycles. The van der Waals surface area contributed by atoms with Crippen molar-refractivity contribution in [2.24, 2.45) is 5.10 Å².